The van der Waals surface area contributed by atoms with Crippen LogP contribution in [0.1, 0.15) is 30.4 Å². The van der Waals surface area contributed by atoms with Gasteiger partial charge in [0.15, 0.2) is 0 Å². The van der Waals surface area contributed by atoms with Crippen LogP contribution in [0, 0.1) is 0 Å². The molecule has 2 fully saturated rings. The molecule has 0 atom stereocenters. The summed E-state index contributed by atoms with van der Waals surface area (Å²) >= 11 is 12.1. The maximum Gasteiger partial charge on any atom is 0.287 e. The number of rotatable bonds is 5. The van der Waals surface area contributed by atoms with Gasteiger partial charge in [-0.2, -0.15) is 0 Å². The first-order chi connectivity index (χ1) is 13.6. The zero-order chi connectivity index (χ0) is 19.6. The molecule has 2 aliphatic rings. The van der Waals surface area contributed by atoms with Gasteiger partial charge in [0.2, 0.25) is 0 Å². The van der Waals surface area contributed by atoms with Gasteiger partial charge in [-0.3, -0.25) is 4.57 Å². The highest BCUT2D eigenvalue weighted by Crippen LogP contribution is 2.60. The van der Waals surface area contributed by atoms with Crippen molar-refractivity contribution in [3.8, 4) is 0 Å². The molecule has 0 aromatic heterocycles. The molecule has 0 N–H and O–H groups in total. The Labute approximate surface area is 177 Å². The van der Waals surface area contributed by atoms with Crippen LogP contribution in [0.25, 0.3) is 0 Å². The molecule has 0 aliphatic carbocycles. The molecule has 2 aliphatic heterocycles. The summed E-state index contributed by atoms with van der Waals surface area (Å²) in [5, 5.41) is 1.46. The van der Waals surface area contributed by atoms with Gasteiger partial charge in [0.25, 0.3) is 7.59 Å². The first-order valence-corrected chi connectivity index (χ1v) is 12.2. The molecule has 7 heteroatoms. The lowest BCUT2D eigenvalue weighted by atomic mass is 10.2. The van der Waals surface area contributed by atoms with Crippen LogP contribution in [-0.4, -0.2) is 40.2 Å². The molecule has 2 heterocycles. The summed E-state index contributed by atoms with van der Waals surface area (Å²) in [7, 11) is -2.80. The highest BCUT2D eigenvalue weighted by atomic mass is 35.5. The summed E-state index contributed by atoms with van der Waals surface area (Å²) in [4.78, 5) is 0. The Morgan fingerprint density at radius 1 is 0.679 bits per heavy atom. The van der Waals surface area contributed by atoms with Gasteiger partial charge >= 0.3 is 0 Å². The zero-order valence-electron chi connectivity index (χ0n) is 15.9. The predicted octanol–water partition coefficient (Wildman–Crippen LogP) is 5.91. The summed E-state index contributed by atoms with van der Waals surface area (Å²) in [6, 6.07) is 15.8. The lowest BCUT2D eigenvalue weighted by Gasteiger charge is -2.47. The van der Waals surface area contributed by atoms with Gasteiger partial charge in [0.1, 0.15) is 0 Å². The highest BCUT2D eigenvalue weighted by Gasteiger charge is 2.45. The van der Waals surface area contributed by atoms with Crippen LogP contribution in [0.5, 0.6) is 0 Å². The van der Waals surface area contributed by atoms with Crippen molar-refractivity contribution in [2.75, 3.05) is 26.2 Å². The predicted molar refractivity (Wildman–Crippen MR) is 117 cm³/mol. The van der Waals surface area contributed by atoms with E-state index in [1.54, 1.807) is 0 Å². The first kappa shape index (κ1) is 20.4. The number of halogens is 2. The standard InChI is InChI=1S/C21H26Cl2N3OP/c22-20-8-4-18(5-9-20)16-25-14-3-15-26(17-19-6-10-21(23)11-7-19)28(25,27)24-12-1-2-13-24/h4-11H,1-3,12-17H2. The van der Waals surface area contributed by atoms with E-state index in [1.165, 1.54) is 0 Å². The quantitative estimate of drug-likeness (QED) is 0.543. The van der Waals surface area contributed by atoms with Crippen molar-refractivity contribution >= 4 is 30.8 Å². The second kappa shape index (κ2) is 8.87. The maximum atomic E-state index is 14.6. The number of hydrogen-bond donors (Lipinski definition) is 0. The van der Waals surface area contributed by atoms with Gasteiger partial charge in [-0.05, 0) is 54.7 Å². The topological polar surface area (TPSA) is 26.8 Å². The minimum Gasteiger partial charge on any atom is -0.270 e. The third-order valence-corrected chi connectivity index (χ3v) is 9.37. The van der Waals surface area contributed by atoms with Crippen molar-refractivity contribution in [1.29, 1.82) is 0 Å². The van der Waals surface area contributed by atoms with E-state index in [0.717, 1.165) is 66.6 Å². The molecule has 4 nitrogen and oxygen atoms in total. The largest absolute Gasteiger partial charge is 0.287 e. The molecular formula is C21H26Cl2N3OP. The normalized spacial score (nSPS) is 21.2. The van der Waals surface area contributed by atoms with Crippen LogP contribution in [0.3, 0.4) is 0 Å². The average Bonchev–Trinajstić information content (AvgIpc) is 3.24. The van der Waals surface area contributed by atoms with Crippen LogP contribution >= 0.6 is 30.8 Å². The molecule has 150 valence electrons. The highest BCUT2D eigenvalue weighted by molar-refractivity contribution is 7.56. The minimum absolute atomic E-state index is 0.683. The Kier molecular flexibility index (Phi) is 6.46. The Balaban J connectivity index is 1.61. The fourth-order valence-corrected chi connectivity index (χ4v) is 7.77. The van der Waals surface area contributed by atoms with Crippen LogP contribution in [-0.2, 0) is 17.7 Å². The van der Waals surface area contributed by atoms with E-state index >= 15 is 0 Å². The molecule has 2 saturated heterocycles. The van der Waals surface area contributed by atoms with Crippen molar-refractivity contribution in [2.45, 2.75) is 32.4 Å². The number of nitrogens with zero attached hydrogens (tertiary/aromatic N) is 3. The molecule has 0 radical (unpaired) electrons. The van der Waals surface area contributed by atoms with E-state index in [-0.39, 0.29) is 0 Å². The molecule has 28 heavy (non-hydrogen) atoms. The lowest BCUT2D eigenvalue weighted by Crippen LogP contribution is -2.44. The van der Waals surface area contributed by atoms with Crippen LogP contribution < -0.4 is 0 Å². The summed E-state index contributed by atoms with van der Waals surface area (Å²) < 4.78 is 21.2. The van der Waals surface area contributed by atoms with Gasteiger partial charge in [-0.15, -0.1) is 0 Å². The van der Waals surface area contributed by atoms with E-state index in [4.69, 9.17) is 23.2 Å². The average molecular weight is 438 g/mol. The van der Waals surface area contributed by atoms with E-state index in [9.17, 15) is 4.57 Å². The van der Waals surface area contributed by atoms with Gasteiger partial charge in [-0.25, -0.2) is 14.0 Å². The monoisotopic (exact) mass is 437 g/mol. The van der Waals surface area contributed by atoms with Crippen molar-refractivity contribution in [1.82, 2.24) is 14.0 Å². The number of benzene rings is 2. The van der Waals surface area contributed by atoms with Gasteiger partial charge in [-0.1, -0.05) is 47.5 Å². The molecule has 4 rings (SSSR count). The molecule has 0 unspecified atom stereocenters. The summed E-state index contributed by atoms with van der Waals surface area (Å²) in [6.07, 6.45) is 3.25. The van der Waals surface area contributed by atoms with E-state index in [2.05, 4.69) is 14.0 Å². The van der Waals surface area contributed by atoms with Crippen molar-refractivity contribution in [3.63, 3.8) is 0 Å². The Bertz CT molecular complexity index is 778. The zero-order valence-corrected chi connectivity index (χ0v) is 18.3. The smallest absolute Gasteiger partial charge is 0.270 e. The third kappa shape index (κ3) is 4.33. The maximum absolute atomic E-state index is 14.6. The first-order valence-electron chi connectivity index (χ1n) is 9.91. The van der Waals surface area contributed by atoms with E-state index in [1.807, 2.05) is 48.5 Å². The summed E-state index contributed by atoms with van der Waals surface area (Å²) in [6.45, 7) is 4.89. The van der Waals surface area contributed by atoms with Crippen molar-refractivity contribution in [3.05, 3.63) is 69.7 Å². The van der Waals surface area contributed by atoms with E-state index < -0.39 is 7.59 Å². The second-order valence-electron chi connectivity index (χ2n) is 7.56. The third-order valence-electron chi connectivity index (χ3n) is 5.58. The Hall–Kier alpha value is -0.870. The van der Waals surface area contributed by atoms with Crippen LogP contribution in [0.4, 0.5) is 0 Å². The van der Waals surface area contributed by atoms with Gasteiger partial charge < -0.3 is 0 Å². The molecular weight excluding hydrogens is 412 g/mol. The molecule has 0 spiro atoms. The van der Waals surface area contributed by atoms with Gasteiger partial charge in [0, 0.05) is 49.3 Å². The SMILES string of the molecule is O=P1(N2CCCC2)N(Cc2ccc(Cl)cc2)CCCN1Cc1ccc(Cl)cc1. The second-order valence-corrected chi connectivity index (χ2v) is 11.2. The van der Waals surface area contributed by atoms with Crippen molar-refractivity contribution in [2.24, 2.45) is 0 Å². The molecule has 0 saturated carbocycles. The molecule has 0 amide bonds. The fourth-order valence-electron chi connectivity index (χ4n) is 4.14. The molecule has 2 aromatic rings. The van der Waals surface area contributed by atoms with Crippen molar-refractivity contribution < 1.29 is 4.57 Å². The van der Waals surface area contributed by atoms with Crippen LogP contribution in [0.15, 0.2) is 48.5 Å². The number of hydrogen-bond acceptors (Lipinski definition) is 1. The minimum atomic E-state index is -2.80. The fraction of sp³-hybridized carbons (Fsp3) is 0.429. The molecule has 0 bridgehead atoms. The lowest BCUT2D eigenvalue weighted by molar-refractivity contribution is 0.230. The summed E-state index contributed by atoms with van der Waals surface area (Å²) in [5.74, 6) is 0. The molecule has 2 aromatic carbocycles. The summed E-state index contributed by atoms with van der Waals surface area (Å²) in [5.41, 5.74) is 2.30. The Morgan fingerprint density at radius 2 is 1.11 bits per heavy atom. The van der Waals surface area contributed by atoms with E-state index in [0.29, 0.717) is 13.1 Å². The Morgan fingerprint density at radius 3 is 1.54 bits per heavy atom. The van der Waals surface area contributed by atoms with Gasteiger partial charge in [0.05, 0.1) is 0 Å². The van der Waals surface area contributed by atoms with Crippen LogP contribution in [0.2, 0.25) is 10.0 Å².